The van der Waals surface area contributed by atoms with Crippen LogP contribution in [0.1, 0.15) is 40.4 Å². The number of carboxylic acid groups (broad SMARTS) is 1. The summed E-state index contributed by atoms with van der Waals surface area (Å²) < 4.78 is 0. The summed E-state index contributed by atoms with van der Waals surface area (Å²) in [5.74, 6) is -0.980. The Kier molecular flexibility index (Phi) is 6.98. The zero-order valence-electron chi connectivity index (χ0n) is 13.8. The Balaban J connectivity index is 1.91. The van der Waals surface area contributed by atoms with Crippen LogP contribution in [0.3, 0.4) is 0 Å². The molecule has 0 aliphatic heterocycles. The van der Waals surface area contributed by atoms with Crippen molar-refractivity contribution >= 4 is 12.0 Å². The molecule has 6 heteroatoms. The van der Waals surface area contributed by atoms with E-state index in [4.69, 9.17) is 10.2 Å². The van der Waals surface area contributed by atoms with Crippen molar-refractivity contribution in [2.24, 2.45) is 0 Å². The van der Waals surface area contributed by atoms with Gasteiger partial charge in [-0.1, -0.05) is 42.5 Å². The maximum Gasteiger partial charge on any atom is 0.335 e. The van der Waals surface area contributed by atoms with Gasteiger partial charge in [-0.3, -0.25) is 0 Å². The molecule has 0 saturated heterocycles. The average molecular weight is 342 g/mol. The third kappa shape index (κ3) is 5.93. The van der Waals surface area contributed by atoms with Crippen LogP contribution < -0.4 is 10.6 Å². The number of hydrogen-bond acceptors (Lipinski definition) is 3. The lowest BCUT2D eigenvalue weighted by molar-refractivity contribution is 0.0697. The fourth-order valence-corrected chi connectivity index (χ4v) is 2.46. The predicted octanol–water partition coefficient (Wildman–Crippen LogP) is 2.70. The molecule has 2 aromatic carbocycles. The van der Waals surface area contributed by atoms with Gasteiger partial charge in [0, 0.05) is 13.2 Å². The Morgan fingerprint density at radius 1 is 1.00 bits per heavy atom. The molecule has 1 atom stereocenters. The second-order valence-electron chi connectivity index (χ2n) is 5.66. The lowest BCUT2D eigenvalue weighted by atomic mass is 10.0. The van der Waals surface area contributed by atoms with Crippen LogP contribution in [0.5, 0.6) is 0 Å². The van der Waals surface area contributed by atoms with Crippen molar-refractivity contribution < 1.29 is 19.8 Å². The van der Waals surface area contributed by atoms with Crippen molar-refractivity contribution in [2.45, 2.75) is 25.4 Å². The normalized spacial score (nSPS) is 11.6. The highest BCUT2D eigenvalue weighted by Crippen LogP contribution is 2.18. The highest BCUT2D eigenvalue weighted by Gasteiger charge is 2.14. The van der Waals surface area contributed by atoms with E-state index in [0.29, 0.717) is 19.4 Å². The summed E-state index contributed by atoms with van der Waals surface area (Å²) in [5, 5.41) is 23.6. The standard InChI is InChI=1S/C19H22N2O4/c22-12-4-7-17(15-5-2-1-3-6-15)21-19(25)20-13-14-8-10-16(11-9-14)18(23)24/h1-3,5-6,8-11,17,22H,4,7,12-13H2,(H,23,24)(H2,20,21,25). The van der Waals surface area contributed by atoms with Crippen molar-refractivity contribution in [1.29, 1.82) is 0 Å². The van der Waals surface area contributed by atoms with Gasteiger partial charge in [0.2, 0.25) is 0 Å². The summed E-state index contributed by atoms with van der Waals surface area (Å²) in [7, 11) is 0. The first-order chi connectivity index (χ1) is 12.1. The highest BCUT2D eigenvalue weighted by molar-refractivity contribution is 5.87. The Labute approximate surface area is 146 Å². The van der Waals surface area contributed by atoms with Crippen LogP contribution in [0.25, 0.3) is 0 Å². The van der Waals surface area contributed by atoms with Gasteiger partial charge in [0.15, 0.2) is 0 Å². The molecule has 4 N–H and O–H groups in total. The molecule has 0 spiro atoms. The van der Waals surface area contributed by atoms with Crippen molar-refractivity contribution in [3.63, 3.8) is 0 Å². The van der Waals surface area contributed by atoms with Gasteiger partial charge in [-0.25, -0.2) is 9.59 Å². The Bertz CT molecular complexity index is 686. The number of carbonyl (C=O) groups is 2. The minimum Gasteiger partial charge on any atom is -0.478 e. The van der Waals surface area contributed by atoms with E-state index in [2.05, 4.69) is 10.6 Å². The lowest BCUT2D eigenvalue weighted by Gasteiger charge is -2.19. The van der Waals surface area contributed by atoms with E-state index in [-0.39, 0.29) is 24.2 Å². The Morgan fingerprint density at radius 2 is 1.68 bits per heavy atom. The Hall–Kier alpha value is -2.86. The molecule has 0 radical (unpaired) electrons. The number of amides is 2. The molecule has 2 amide bonds. The Morgan fingerprint density at radius 3 is 2.28 bits per heavy atom. The molecule has 0 aliphatic carbocycles. The number of aliphatic hydroxyl groups excluding tert-OH is 1. The quantitative estimate of drug-likeness (QED) is 0.593. The zero-order chi connectivity index (χ0) is 18.1. The van der Waals surface area contributed by atoms with Crippen molar-refractivity contribution in [3.8, 4) is 0 Å². The van der Waals surface area contributed by atoms with Crippen molar-refractivity contribution in [3.05, 3.63) is 71.3 Å². The summed E-state index contributed by atoms with van der Waals surface area (Å²) in [6, 6.07) is 15.5. The molecule has 0 aliphatic rings. The first-order valence-electron chi connectivity index (χ1n) is 8.12. The van der Waals surface area contributed by atoms with Gasteiger partial charge in [0.1, 0.15) is 0 Å². The van der Waals surface area contributed by atoms with Gasteiger partial charge in [-0.05, 0) is 36.1 Å². The molecule has 1 unspecified atom stereocenters. The third-order valence-electron chi connectivity index (χ3n) is 3.81. The summed E-state index contributed by atoms with van der Waals surface area (Å²) >= 11 is 0. The van der Waals surface area contributed by atoms with E-state index in [1.807, 2.05) is 30.3 Å². The van der Waals surface area contributed by atoms with Gasteiger partial charge in [-0.2, -0.15) is 0 Å². The molecular weight excluding hydrogens is 320 g/mol. The fourth-order valence-electron chi connectivity index (χ4n) is 2.46. The van der Waals surface area contributed by atoms with Crippen LogP contribution in [0.4, 0.5) is 4.79 Å². The number of rotatable bonds is 8. The van der Waals surface area contributed by atoms with E-state index < -0.39 is 5.97 Å². The van der Waals surface area contributed by atoms with Gasteiger partial charge in [-0.15, -0.1) is 0 Å². The van der Waals surface area contributed by atoms with Crippen LogP contribution in [0.15, 0.2) is 54.6 Å². The monoisotopic (exact) mass is 342 g/mol. The highest BCUT2D eigenvalue weighted by atomic mass is 16.4. The average Bonchev–Trinajstić information content (AvgIpc) is 2.64. The van der Waals surface area contributed by atoms with Gasteiger partial charge >= 0.3 is 12.0 Å². The number of carbonyl (C=O) groups excluding carboxylic acids is 1. The van der Waals surface area contributed by atoms with E-state index in [9.17, 15) is 9.59 Å². The van der Waals surface area contributed by atoms with Gasteiger partial charge < -0.3 is 20.8 Å². The summed E-state index contributed by atoms with van der Waals surface area (Å²) in [6.07, 6.45) is 1.23. The molecule has 6 nitrogen and oxygen atoms in total. The molecular formula is C19H22N2O4. The first kappa shape index (κ1) is 18.5. The first-order valence-corrected chi connectivity index (χ1v) is 8.12. The largest absolute Gasteiger partial charge is 0.478 e. The lowest BCUT2D eigenvalue weighted by Crippen LogP contribution is -2.37. The minimum atomic E-state index is -0.980. The minimum absolute atomic E-state index is 0.0720. The number of nitrogens with one attached hydrogen (secondary N) is 2. The summed E-state index contributed by atoms with van der Waals surface area (Å²) in [6.45, 7) is 0.371. The fraction of sp³-hybridized carbons (Fsp3) is 0.263. The molecule has 2 aromatic rings. The number of hydrogen-bond donors (Lipinski definition) is 4. The topological polar surface area (TPSA) is 98.7 Å². The number of benzene rings is 2. The van der Waals surface area contributed by atoms with Crippen LogP contribution in [0, 0.1) is 0 Å². The molecule has 0 heterocycles. The van der Waals surface area contributed by atoms with E-state index in [1.165, 1.54) is 12.1 Å². The molecule has 132 valence electrons. The molecule has 25 heavy (non-hydrogen) atoms. The van der Waals surface area contributed by atoms with E-state index >= 15 is 0 Å². The van der Waals surface area contributed by atoms with Crippen LogP contribution in [-0.2, 0) is 6.54 Å². The SMILES string of the molecule is O=C(NCc1ccc(C(=O)O)cc1)NC(CCCO)c1ccccc1. The second kappa shape index (κ2) is 9.44. The van der Waals surface area contributed by atoms with Gasteiger partial charge in [0.05, 0.1) is 11.6 Å². The third-order valence-corrected chi connectivity index (χ3v) is 3.81. The van der Waals surface area contributed by atoms with Crippen LogP contribution >= 0.6 is 0 Å². The molecule has 0 bridgehead atoms. The van der Waals surface area contributed by atoms with E-state index in [1.54, 1.807) is 12.1 Å². The molecule has 0 saturated carbocycles. The van der Waals surface area contributed by atoms with Gasteiger partial charge in [0.25, 0.3) is 0 Å². The number of aromatic carboxylic acids is 1. The zero-order valence-corrected chi connectivity index (χ0v) is 13.8. The maximum atomic E-state index is 12.2. The molecule has 2 rings (SSSR count). The second-order valence-corrected chi connectivity index (χ2v) is 5.66. The number of urea groups is 1. The number of carboxylic acids is 1. The van der Waals surface area contributed by atoms with E-state index in [0.717, 1.165) is 11.1 Å². The smallest absolute Gasteiger partial charge is 0.335 e. The molecule has 0 fully saturated rings. The predicted molar refractivity (Wildman–Crippen MR) is 94.3 cm³/mol. The van der Waals surface area contributed by atoms with Crippen LogP contribution in [0.2, 0.25) is 0 Å². The summed E-state index contributed by atoms with van der Waals surface area (Å²) in [4.78, 5) is 23.0. The summed E-state index contributed by atoms with van der Waals surface area (Å²) in [5.41, 5.74) is 2.00. The van der Waals surface area contributed by atoms with Crippen molar-refractivity contribution in [1.82, 2.24) is 10.6 Å². The molecule has 0 aromatic heterocycles. The van der Waals surface area contributed by atoms with Crippen LogP contribution in [-0.4, -0.2) is 28.8 Å². The number of aliphatic hydroxyl groups is 1. The maximum absolute atomic E-state index is 12.2. The van der Waals surface area contributed by atoms with Crippen molar-refractivity contribution in [2.75, 3.05) is 6.61 Å².